The van der Waals surface area contributed by atoms with Gasteiger partial charge in [0.05, 0.1) is 24.8 Å². The number of aryl methyl sites for hydroxylation is 2. The molecule has 0 N–H and O–H groups in total. The topological polar surface area (TPSA) is 47.4 Å². The van der Waals surface area contributed by atoms with Gasteiger partial charge in [0.1, 0.15) is 5.75 Å². The third kappa shape index (κ3) is 2.81. The van der Waals surface area contributed by atoms with Crippen LogP contribution >= 0.6 is 0 Å². The number of aromatic nitrogens is 2. The number of benzene rings is 1. The Hall–Kier alpha value is -2.30. The molecule has 1 aromatic heterocycles. The Kier molecular flexibility index (Phi) is 4.02. The molecule has 2 aliphatic heterocycles. The lowest BCUT2D eigenvalue weighted by Gasteiger charge is -2.25. The maximum atomic E-state index is 13.0. The number of carbonyl (C=O) groups is 1. The maximum Gasteiger partial charge on any atom is 0.227 e. The Labute approximate surface area is 148 Å². The second-order valence-electron chi connectivity index (χ2n) is 7.17. The van der Waals surface area contributed by atoms with E-state index in [4.69, 9.17) is 4.74 Å². The number of nitrogens with zero attached hydrogens (tertiary/aromatic N) is 3. The molecule has 4 rings (SSSR count). The van der Waals surface area contributed by atoms with Gasteiger partial charge < -0.3 is 9.64 Å². The van der Waals surface area contributed by atoms with Crippen molar-refractivity contribution in [2.45, 2.75) is 45.6 Å². The van der Waals surface area contributed by atoms with E-state index in [0.29, 0.717) is 6.42 Å². The molecule has 2 aromatic rings. The van der Waals surface area contributed by atoms with Gasteiger partial charge in [0.2, 0.25) is 5.91 Å². The second-order valence-corrected chi connectivity index (χ2v) is 7.17. The van der Waals surface area contributed by atoms with E-state index in [-0.39, 0.29) is 11.9 Å². The summed E-state index contributed by atoms with van der Waals surface area (Å²) in [5.74, 6) is 1.18. The standard InChI is InChI=1S/C20H25N3O2/c1-13-20(14(2)22(3)21-13)17-5-4-9-23(17)19(24)12-15-6-7-18-16(11-15)8-10-25-18/h6-7,11,17H,4-5,8-10,12H2,1-3H3/t17-/m0/s1. The minimum atomic E-state index is 0.166. The van der Waals surface area contributed by atoms with Crippen LogP contribution < -0.4 is 4.74 Å². The summed E-state index contributed by atoms with van der Waals surface area (Å²) in [6.45, 7) is 5.73. The lowest BCUT2D eigenvalue weighted by atomic mass is 10.0. The highest BCUT2D eigenvalue weighted by atomic mass is 16.5. The molecule has 5 heteroatoms. The van der Waals surface area contributed by atoms with Crippen molar-refractivity contribution in [3.63, 3.8) is 0 Å². The first-order valence-electron chi connectivity index (χ1n) is 9.09. The lowest BCUT2D eigenvalue weighted by molar-refractivity contribution is -0.131. The highest BCUT2D eigenvalue weighted by molar-refractivity contribution is 5.79. The number of rotatable bonds is 3. The van der Waals surface area contributed by atoms with Crippen LogP contribution in [0.2, 0.25) is 0 Å². The van der Waals surface area contributed by atoms with Crippen molar-refractivity contribution in [1.82, 2.24) is 14.7 Å². The lowest BCUT2D eigenvalue weighted by Crippen LogP contribution is -2.32. The van der Waals surface area contributed by atoms with Gasteiger partial charge in [-0.25, -0.2) is 0 Å². The Morgan fingerprint density at radius 3 is 2.96 bits per heavy atom. The fraction of sp³-hybridized carbons (Fsp3) is 0.500. The Morgan fingerprint density at radius 1 is 1.36 bits per heavy atom. The highest BCUT2D eigenvalue weighted by Gasteiger charge is 2.33. The minimum absolute atomic E-state index is 0.166. The Balaban J connectivity index is 1.55. The zero-order chi connectivity index (χ0) is 17.6. The molecular formula is C20H25N3O2. The summed E-state index contributed by atoms with van der Waals surface area (Å²) in [6, 6.07) is 6.32. The number of hydrogen-bond donors (Lipinski definition) is 0. The SMILES string of the molecule is Cc1nn(C)c(C)c1[C@@H]1CCCN1C(=O)Cc1ccc2c(c1)CCO2. The van der Waals surface area contributed by atoms with Crippen molar-refractivity contribution in [2.24, 2.45) is 7.05 Å². The first kappa shape index (κ1) is 16.2. The molecule has 1 fully saturated rings. The highest BCUT2D eigenvalue weighted by Crippen LogP contribution is 2.36. The second kappa shape index (κ2) is 6.21. The van der Waals surface area contributed by atoms with Gasteiger partial charge in [-0.05, 0) is 43.9 Å². The summed E-state index contributed by atoms with van der Waals surface area (Å²) < 4.78 is 7.48. The number of likely N-dealkylation sites (tertiary alicyclic amines) is 1. The summed E-state index contributed by atoms with van der Waals surface area (Å²) in [4.78, 5) is 15.1. The van der Waals surface area contributed by atoms with Crippen LogP contribution in [-0.2, 0) is 24.7 Å². The predicted molar refractivity (Wildman–Crippen MR) is 95.7 cm³/mol. The van der Waals surface area contributed by atoms with Crippen LogP contribution in [0.4, 0.5) is 0 Å². The van der Waals surface area contributed by atoms with Crippen molar-refractivity contribution in [2.75, 3.05) is 13.2 Å². The number of ether oxygens (including phenoxy) is 1. The van der Waals surface area contributed by atoms with Gasteiger partial charge in [0.15, 0.2) is 0 Å². The Morgan fingerprint density at radius 2 is 2.20 bits per heavy atom. The van der Waals surface area contributed by atoms with Crippen LogP contribution in [0.25, 0.3) is 0 Å². The first-order valence-corrected chi connectivity index (χ1v) is 9.09. The summed E-state index contributed by atoms with van der Waals surface area (Å²) in [7, 11) is 1.97. The summed E-state index contributed by atoms with van der Waals surface area (Å²) in [5.41, 5.74) is 5.74. The van der Waals surface area contributed by atoms with E-state index < -0.39 is 0 Å². The zero-order valence-electron chi connectivity index (χ0n) is 15.2. The molecule has 1 saturated heterocycles. The van der Waals surface area contributed by atoms with Gasteiger partial charge in [-0.15, -0.1) is 0 Å². The molecule has 132 valence electrons. The van der Waals surface area contributed by atoms with Gasteiger partial charge in [-0.3, -0.25) is 9.48 Å². The fourth-order valence-electron chi connectivity index (χ4n) is 4.26. The van der Waals surface area contributed by atoms with Crippen LogP contribution in [0.15, 0.2) is 18.2 Å². The van der Waals surface area contributed by atoms with E-state index in [2.05, 4.69) is 23.0 Å². The van der Waals surface area contributed by atoms with Gasteiger partial charge in [0, 0.05) is 31.3 Å². The quantitative estimate of drug-likeness (QED) is 0.864. The Bertz CT molecular complexity index is 825. The van der Waals surface area contributed by atoms with Crippen LogP contribution in [0, 0.1) is 13.8 Å². The number of carbonyl (C=O) groups excluding carboxylic acids is 1. The third-order valence-electron chi connectivity index (χ3n) is 5.58. The average molecular weight is 339 g/mol. The van der Waals surface area contributed by atoms with Crippen molar-refractivity contribution in [3.8, 4) is 5.75 Å². The molecule has 1 aromatic carbocycles. The van der Waals surface area contributed by atoms with Crippen molar-refractivity contribution < 1.29 is 9.53 Å². The van der Waals surface area contributed by atoms with Crippen molar-refractivity contribution >= 4 is 5.91 Å². The van der Waals surface area contributed by atoms with Gasteiger partial charge in [0.25, 0.3) is 0 Å². The zero-order valence-corrected chi connectivity index (χ0v) is 15.2. The molecule has 5 nitrogen and oxygen atoms in total. The summed E-state index contributed by atoms with van der Waals surface area (Å²) >= 11 is 0. The normalized spacial score (nSPS) is 19.2. The molecule has 1 amide bonds. The molecule has 2 aliphatic rings. The van der Waals surface area contributed by atoms with Gasteiger partial charge in [-0.2, -0.15) is 5.10 Å². The smallest absolute Gasteiger partial charge is 0.227 e. The summed E-state index contributed by atoms with van der Waals surface area (Å²) in [6.07, 6.45) is 3.49. The molecule has 0 radical (unpaired) electrons. The van der Waals surface area contributed by atoms with E-state index >= 15 is 0 Å². The molecule has 25 heavy (non-hydrogen) atoms. The molecule has 0 saturated carbocycles. The average Bonchev–Trinajstić information content (AvgIpc) is 3.27. The maximum absolute atomic E-state index is 13.0. The van der Waals surface area contributed by atoms with Crippen LogP contribution in [0.3, 0.4) is 0 Å². The van der Waals surface area contributed by atoms with Crippen LogP contribution in [-0.4, -0.2) is 33.7 Å². The van der Waals surface area contributed by atoms with E-state index in [9.17, 15) is 4.79 Å². The minimum Gasteiger partial charge on any atom is -0.493 e. The molecule has 1 atom stereocenters. The van der Waals surface area contributed by atoms with E-state index in [1.54, 1.807) is 0 Å². The monoisotopic (exact) mass is 339 g/mol. The van der Waals surface area contributed by atoms with Crippen molar-refractivity contribution in [1.29, 1.82) is 0 Å². The van der Waals surface area contributed by atoms with Gasteiger partial charge in [-0.1, -0.05) is 12.1 Å². The number of hydrogen-bond acceptors (Lipinski definition) is 3. The van der Waals surface area contributed by atoms with E-state index in [1.807, 2.05) is 30.8 Å². The fourth-order valence-corrected chi connectivity index (χ4v) is 4.26. The molecule has 0 unspecified atom stereocenters. The van der Waals surface area contributed by atoms with Crippen LogP contribution in [0.5, 0.6) is 5.75 Å². The number of fused-ring (bicyclic) bond motifs is 1. The first-order chi connectivity index (χ1) is 12.0. The molecule has 0 bridgehead atoms. The van der Waals surface area contributed by atoms with E-state index in [1.165, 1.54) is 11.1 Å². The summed E-state index contributed by atoms with van der Waals surface area (Å²) in [5, 5.41) is 4.54. The molecule has 0 spiro atoms. The molecule has 3 heterocycles. The molecular weight excluding hydrogens is 314 g/mol. The van der Waals surface area contributed by atoms with Crippen LogP contribution in [0.1, 0.15) is 47.0 Å². The van der Waals surface area contributed by atoms with Crippen molar-refractivity contribution in [3.05, 3.63) is 46.3 Å². The predicted octanol–water partition coefficient (Wildman–Crippen LogP) is 2.88. The van der Waals surface area contributed by atoms with Gasteiger partial charge >= 0.3 is 0 Å². The largest absolute Gasteiger partial charge is 0.493 e. The number of amides is 1. The molecule has 0 aliphatic carbocycles. The van der Waals surface area contributed by atoms with E-state index in [0.717, 1.165) is 55.1 Å². The third-order valence-corrected chi connectivity index (χ3v) is 5.58.